The minimum Gasteiger partial charge on any atom is -0.446 e. The number of ether oxygens (including phenoxy) is 2. The van der Waals surface area contributed by atoms with Crippen LogP contribution < -0.4 is 5.32 Å². The Morgan fingerprint density at radius 1 is 0.622 bits per heavy atom. The zero-order valence-corrected chi connectivity index (χ0v) is 25.5. The van der Waals surface area contributed by atoms with Gasteiger partial charge in [0.25, 0.3) is 0 Å². The quantitative estimate of drug-likeness (QED) is 0.0825. The molecule has 0 aromatic rings. The molecule has 3 unspecified atom stereocenters. The Balaban J connectivity index is 4.86. The van der Waals surface area contributed by atoms with Crippen LogP contribution in [0.1, 0.15) is 132 Å². The van der Waals surface area contributed by atoms with Gasteiger partial charge in [-0.05, 0) is 52.0 Å². The van der Waals surface area contributed by atoms with E-state index < -0.39 is 6.04 Å². The van der Waals surface area contributed by atoms with Gasteiger partial charge in [0.05, 0.1) is 6.42 Å². The first-order valence-electron chi connectivity index (χ1n) is 15.5. The van der Waals surface area contributed by atoms with Gasteiger partial charge in [0, 0.05) is 0 Å². The third-order valence-corrected chi connectivity index (χ3v) is 7.23. The van der Waals surface area contributed by atoms with Crippen LogP contribution in [0.25, 0.3) is 0 Å². The number of carbonyl (C=O) groups excluding carboxylic acids is 2. The van der Waals surface area contributed by atoms with Crippen molar-refractivity contribution in [1.82, 2.24) is 15.1 Å². The third-order valence-electron chi connectivity index (χ3n) is 7.23. The fraction of sp³-hybridized carbons (Fsp3) is 0.933. The molecule has 220 valence electrons. The Bertz CT molecular complexity index is 553. The van der Waals surface area contributed by atoms with Gasteiger partial charge in [-0.25, -0.2) is 0 Å². The SMILES string of the molecule is CCCCCCCCCCCCNC(CC(=O)OC(CC)N(CC)CC)C(=O)OC(CC)N(CC)CC. The minimum atomic E-state index is -0.690. The Kier molecular flexibility index (Phi) is 23.1. The first kappa shape index (κ1) is 35.8. The van der Waals surface area contributed by atoms with Crippen molar-refractivity contribution in [3.05, 3.63) is 0 Å². The predicted octanol–water partition coefficient (Wildman–Crippen LogP) is 6.50. The van der Waals surface area contributed by atoms with Gasteiger partial charge in [-0.15, -0.1) is 0 Å². The van der Waals surface area contributed by atoms with Crippen LogP contribution in [0.4, 0.5) is 0 Å². The third kappa shape index (κ3) is 16.4. The van der Waals surface area contributed by atoms with Crippen LogP contribution in [-0.2, 0) is 19.1 Å². The van der Waals surface area contributed by atoms with Gasteiger partial charge >= 0.3 is 11.9 Å². The van der Waals surface area contributed by atoms with Gasteiger partial charge in [0.2, 0.25) is 0 Å². The Morgan fingerprint density at radius 3 is 1.49 bits per heavy atom. The van der Waals surface area contributed by atoms with Gasteiger partial charge in [0.15, 0.2) is 12.5 Å². The van der Waals surface area contributed by atoms with Gasteiger partial charge in [-0.1, -0.05) is 106 Å². The molecule has 0 heterocycles. The molecule has 7 heteroatoms. The molecule has 0 saturated carbocycles. The number of nitrogens with one attached hydrogen (secondary N) is 1. The fourth-order valence-electron chi connectivity index (χ4n) is 4.80. The van der Waals surface area contributed by atoms with Crippen LogP contribution in [0.2, 0.25) is 0 Å². The number of hydrogen-bond acceptors (Lipinski definition) is 7. The molecule has 0 aromatic carbocycles. The molecule has 1 N–H and O–H groups in total. The van der Waals surface area contributed by atoms with Crippen molar-refractivity contribution in [2.24, 2.45) is 0 Å². The molecule has 0 aliphatic rings. The molecule has 7 nitrogen and oxygen atoms in total. The molecule has 0 aliphatic carbocycles. The largest absolute Gasteiger partial charge is 0.446 e. The second kappa shape index (κ2) is 23.9. The second-order valence-corrected chi connectivity index (χ2v) is 9.99. The lowest BCUT2D eigenvalue weighted by Crippen LogP contribution is -2.46. The summed E-state index contributed by atoms with van der Waals surface area (Å²) in [7, 11) is 0. The molecule has 0 spiro atoms. The summed E-state index contributed by atoms with van der Waals surface area (Å²) in [6.07, 6.45) is 13.5. The Labute approximate surface area is 229 Å². The highest BCUT2D eigenvalue weighted by molar-refractivity contribution is 5.82. The van der Waals surface area contributed by atoms with Crippen molar-refractivity contribution < 1.29 is 19.1 Å². The molecule has 37 heavy (non-hydrogen) atoms. The van der Waals surface area contributed by atoms with Crippen LogP contribution in [0.5, 0.6) is 0 Å². The Hall–Kier alpha value is -1.18. The molecule has 0 bridgehead atoms. The van der Waals surface area contributed by atoms with Gasteiger partial charge in [-0.2, -0.15) is 0 Å². The molecule has 0 aliphatic heterocycles. The van der Waals surface area contributed by atoms with E-state index in [4.69, 9.17) is 9.47 Å². The van der Waals surface area contributed by atoms with E-state index in [0.717, 1.165) is 39.0 Å². The molecule has 0 rings (SSSR count). The summed E-state index contributed by atoms with van der Waals surface area (Å²) in [5.41, 5.74) is 0. The second-order valence-electron chi connectivity index (χ2n) is 9.99. The fourth-order valence-corrected chi connectivity index (χ4v) is 4.80. The summed E-state index contributed by atoms with van der Waals surface area (Å²) in [5.74, 6) is -0.717. The van der Waals surface area contributed by atoms with Crippen LogP contribution in [-0.4, -0.2) is 73.0 Å². The molecule has 0 aromatic heterocycles. The number of rotatable bonds is 25. The molecule has 0 fully saturated rings. The van der Waals surface area contributed by atoms with E-state index in [-0.39, 0.29) is 30.8 Å². The van der Waals surface area contributed by atoms with Crippen molar-refractivity contribution in [3.8, 4) is 0 Å². The average Bonchev–Trinajstić information content (AvgIpc) is 2.90. The molecular formula is C30H61N3O4. The highest BCUT2D eigenvalue weighted by Crippen LogP contribution is 2.13. The van der Waals surface area contributed by atoms with E-state index in [1.165, 1.54) is 51.4 Å². The van der Waals surface area contributed by atoms with Crippen molar-refractivity contribution in [2.45, 2.75) is 150 Å². The Morgan fingerprint density at radius 2 is 1.05 bits per heavy atom. The topological polar surface area (TPSA) is 71.1 Å². The minimum absolute atomic E-state index is 0.0109. The van der Waals surface area contributed by atoms with E-state index in [1.54, 1.807) is 0 Å². The van der Waals surface area contributed by atoms with Gasteiger partial charge in [0.1, 0.15) is 6.04 Å². The molecule has 0 amide bonds. The van der Waals surface area contributed by atoms with Gasteiger partial charge in [-0.3, -0.25) is 19.4 Å². The van der Waals surface area contributed by atoms with E-state index in [0.29, 0.717) is 19.4 Å². The molecular weight excluding hydrogens is 466 g/mol. The number of unbranched alkanes of at least 4 members (excludes halogenated alkanes) is 9. The number of nitrogens with zero attached hydrogens (tertiary/aromatic N) is 2. The van der Waals surface area contributed by atoms with Crippen molar-refractivity contribution >= 4 is 11.9 Å². The molecule has 3 atom stereocenters. The summed E-state index contributed by atoms with van der Waals surface area (Å²) in [6.45, 7) is 18.5. The van der Waals surface area contributed by atoms with Crippen LogP contribution >= 0.6 is 0 Å². The summed E-state index contributed by atoms with van der Waals surface area (Å²) in [6, 6.07) is -0.690. The molecule has 0 saturated heterocycles. The van der Waals surface area contributed by atoms with E-state index in [9.17, 15) is 9.59 Å². The van der Waals surface area contributed by atoms with Crippen molar-refractivity contribution in [3.63, 3.8) is 0 Å². The maximum atomic E-state index is 13.2. The van der Waals surface area contributed by atoms with Crippen LogP contribution in [0, 0.1) is 0 Å². The summed E-state index contributed by atoms with van der Waals surface area (Å²) in [4.78, 5) is 30.3. The lowest BCUT2D eigenvalue weighted by atomic mass is 10.1. The van der Waals surface area contributed by atoms with E-state index >= 15 is 0 Å². The van der Waals surface area contributed by atoms with Crippen LogP contribution in [0.3, 0.4) is 0 Å². The highest BCUT2D eigenvalue weighted by atomic mass is 16.6. The highest BCUT2D eigenvalue weighted by Gasteiger charge is 2.29. The normalized spacial score (nSPS) is 14.1. The number of carbonyl (C=O) groups is 2. The molecule has 0 radical (unpaired) electrons. The zero-order valence-electron chi connectivity index (χ0n) is 25.5. The summed E-state index contributed by atoms with van der Waals surface area (Å²) < 4.78 is 11.7. The summed E-state index contributed by atoms with van der Waals surface area (Å²) >= 11 is 0. The van der Waals surface area contributed by atoms with Crippen molar-refractivity contribution in [1.29, 1.82) is 0 Å². The predicted molar refractivity (Wildman–Crippen MR) is 154 cm³/mol. The first-order chi connectivity index (χ1) is 17.9. The van der Waals surface area contributed by atoms with Crippen LogP contribution in [0.15, 0.2) is 0 Å². The van der Waals surface area contributed by atoms with Gasteiger partial charge < -0.3 is 14.8 Å². The summed E-state index contributed by atoms with van der Waals surface area (Å²) in [5, 5.41) is 3.32. The number of esters is 2. The lowest BCUT2D eigenvalue weighted by molar-refractivity contribution is -0.169. The number of hydrogen-bond donors (Lipinski definition) is 1. The smallest absolute Gasteiger partial charge is 0.325 e. The van der Waals surface area contributed by atoms with Crippen molar-refractivity contribution in [2.75, 3.05) is 32.7 Å². The maximum Gasteiger partial charge on any atom is 0.325 e. The maximum absolute atomic E-state index is 13.2. The monoisotopic (exact) mass is 527 g/mol. The standard InChI is InChI=1S/C30H61N3O4/c1-8-15-16-17-18-19-20-21-22-23-24-31-26(30(35)37-28(10-3)33(13-6)14-7)25-29(34)36-27(9-2)32(11-4)12-5/h26-28,31H,8-25H2,1-7H3. The average molecular weight is 528 g/mol. The lowest BCUT2D eigenvalue weighted by Gasteiger charge is -2.30. The zero-order chi connectivity index (χ0) is 27.9. The van der Waals surface area contributed by atoms with E-state index in [2.05, 4.69) is 49.7 Å². The van der Waals surface area contributed by atoms with E-state index in [1.807, 2.05) is 13.8 Å². The first-order valence-corrected chi connectivity index (χ1v) is 15.5.